The first-order valence-electron chi connectivity index (χ1n) is 16.1. The number of nitrogens with one attached hydrogen (secondary N) is 2. The maximum Gasteiger partial charge on any atom is 0.478 e. The third kappa shape index (κ3) is 7.56. The molecule has 6 atom stereocenters. The van der Waals surface area contributed by atoms with E-state index in [0.717, 1.165) is 25.7 Å². The van der Waals surface area contributed by atoms with Gasteiger partial charge in [0.1, 0.15) is 24.3 Å². The van der Waals surface area contributed by atoms with E-state index in [2.05, 4.69) is 10.6 Å². The highest BCUT2D eigenvalue weighted by atomic mass is 19.1. The summed E-state index contributed by atoms with van der Waals surface area (Å²) in [5, 5.41) is 27.9. The normalized spacial score (nSPS) is 26.9. The molecule has 1 aromatic carbocycles. The average molecular weight is 633 g/mol. The molecule has 5 rings (SSSR count). The van der Waals surface area contributed by atoms with Crippen LogP contribution >= 0.6 is 0 Å². The van der Waals surface area contributed by atoms with Crippen LogP contribution in [0.15, 0.2) is 18.2 Å². The van der Waals surface area contributed by atoms with Crippen LogP contribution in [0, 0.1) is 17.2 Å². The van der Waals surface area contributed by atoms with Crippen molar-refractivity contribution in [3.63, 3.8) is 0 Å². The van der Waals surface area contributed by atoms with Gasteiger partial charge >= 0.3 is 19.3 Å². The van der Waals surface area contributed by atoms with Crippen molar-refractivity contribution in [1.82, 2.24) is 20.4 Å². The number of hydrogen-bond donors (Lipinski definition) is 4. The number of hydrogen-bond acceptors (Lipinski definition) is 9. The van der Waals surface area contributed by atoms with Crippen molar-refractivity contribution in [2.45, 2.75) is 116 Å². The molecule has 4 N–H and O–H groups in total. The molecule has 0 aromatic heterocycles. The van der Waals surface area contributed by atoms with Crippen molar-refractivity contribution in [2.75, 3.05) is 13.2 Å². The summed E-state index contributed by atoms with van der Waals surface area (Å²) >= 11 is 0. The number of amides is 3. The molecule has 0 bridgehead atoms. The molecule has 1 aromatic rings. The number of aliphatic hydroxyl groups excluding tert-OH is 1. The molecule has 12 nitrogen and oxygen atoms in total. The molecule has 1 aliphatic carbocycles. The second kappa shape index (κ2) is 13.8. The fourth-order valence-corrected chi connectivity index (χ4v) is 6.92. The van der Waals surface area contributed by atoms with Gasteiger partial charge in [0.05, 0.1) is 24.6 Å². The Morgan fingerprint density at radius 3 is 2.56 bits per heavy atom. The number of carbonyl (C=O) groups excluding carboxylic acids is 3. The van der Waals surface area contributed by atoms with Gasteiger partial charge in [0.25, 0.3) is 0 Å². The number of nitrogens with zero attached hydrogens (tertiary/aromatic N) is 2. The van der Waals surface area contributed by atoms with Crippen LogP contribution in [0.1, 0.15) is 77.3 Å². The number of rotatable bonds is 8. The van der Waals surface area contributed by atoms with Crippen molar-refractivity contribution in [2.24, 2.45) is 11.3 Å². The van der Waals surface area contributed by atoms with Crippen LogP contribution in [-0.4, -0.2) is 94.8 Å². The van der Waals surface area contributed by atoms with Crippen molar-refractivity contribution in [3.8, 4) is 0 Å². The zero-order valence-electron chi connectivity index (χ0n) is 26.5. The van der Waals surface area contributed by atoms with Crippen LogP contribution in [-0.2, 0) is 32.0 Å². The second-order valence-electron chi connectivity index (χ2n) is 13.8. The summed E-state index contributed by atoms with van der Waals surface area (Å²) in [4.78, 5) is 42.8. The predicted octanol–water partition coefficient (Wildman–Crippen LogP) is 2.68. The van der Waals surface area contributed by atoms with E-state index in [-0.39, 0.29) is 43.9 Å². The van der Waals surface area contributed by atoms with E-state index in [1.54, 1.807) is 12.1 Å². The molecule has 248 valence electrons. The molecule has 3 heterocycles. The first kappa shape index (κ1) is 33.4. The molecule has 45 heavy (non-hydrogen) atoms. The van der Waals surface area contributed by atoms with Crippen LogP contribution in [0.5, 0.6) is 0 Å². The lowest BCUT2D eigenvalue weighted by molar-refractivity contribution is -0.132. The zero-order chi connectivity index (χ0) is 32.5. The van der Waals surface area contributed by atoms with Gasteiger partial charge < -0.3 is 34.9 Å². The summed E-state index contributed by atoms with van der Waals surface area (Å²) < 4.78 is 31.1. The summed E-state index contributed by atoms with van der Waals surface area (Å²) in [6.07, 6.45) is 0.719. The molecule has 14 heteroatoms. The molecular weight excluding hydrogens is 586 g/mol. The lowest BCUT2D eigenvalue weighted by Crippen LogP contribution is -2.61. The average Bonchev–Trinajstić information content (AvgIpc) is 3.79. The largest absolute Gasteiger partial charge is 0.478 e. The topological polar surface area (TPSA) is 150 Å². The zero-order valence-corrected chi connectivity index (χ0v) is 26.5. The van der Waals surface area contributed by atoms with Gasteiger partial charge in [-0.2, -0.15) is 0 Å². The van der Waals surface area contributed by atoms with E-state index >= 15 is 0 Å². The Morgan fingerprint density at radius 1 is 1.16 bits per heavy atom. The van der Waals surface area contributed by atoms with Gasteiger partial charge in [-0.3, -0.25) is 14.6 Å². The highest BCUT2D eigenvalue weighted by Gasteiger charge is 2.49. The number of likely N-dealkylation sites (tertiary alicyclic amines) is 1. The maximum atomic E-state index is 14.3. The summed E-state index contributed by atoms with van der Waals surface area (Å²) in [5.74, 6) is -1.58. The Hall–Kier alpha value is -2.94. The fraction of sp³-hybridized carbons (Fsp3) is 0.710. The third-order valence-electron chi connectivity index (χ3n) is 9.60. The van der Waals surface area contributed by atoms with Crippen LogP contribution in [0.2, 0.25) is 0 Å². The molecular formula is C31H46BFN4O8. The van der Waals surface area contributed by atoms with E-state index in [1.165, 1.54) is 15.9 Å². The van der Waals surface area contributed by atoms with Crippen molar-refractivity contribution >= 4 is 25.2 Å². The monoisotopic (exact) mass is 632 g/mol. The van der Waals surface area contributed by atoms with Crippen molar-refractivity contribution in [3.05, 3.63) is 35.1 Å². The number of benzene rings is 1. The molecule has 3 unspecified atom stereocenters. The van der Waals surface area contributed by atoms with Crippen LogP contribution in [0.25, 0.3) is 0 Å². The highest BCUT2D eigenvalue weighted by Crippen LogP contribution is 2.32. The van der Waals surface area contributed by atoms with E-state index in [0.29, 0.717) is 24.2 Å². The van der Waals surface area contributed by atoms with Gasteiger partial charge in [0.15, 0.2) is 0 Å². The minimum absolute atomic E-state index is 0.00695. The minimum atomic E-state index is -1.35. The van der Waals surface area contributed by atoms with E-state index in [9.17, 15) is 28.9 Å². The van der Waals surface area contributed by atoms with Gasteiger partial charge in [-0.05, 0) is 55.1 Å². The van der Waals surface area contributed by atoms with Gasteiger partial charge in [0.2, 0.25) is 5.91 Å². The molecule has 2 saturated heterocycles. The Kier molecular flexibility index (Phi) is 10.3. The molecule has 1 saturated carbocycles. The number of aliphatic hydroxyl groups is 1. The first-order chi connectivity index (χ1) is 21.3. The minimum Gasteiger partial charge on any atom is -0.446 e. The Bertz CT molecular complexity index is 1240. The van der Waals surface area contributed by atoms with Gasteiger partial charge in [-0.1, -0.05) is 39.8 Å². The smallest absolute Gasteiger partial charge is 0.446 e. The van der Waals surface area contributed by atoms with Gasteiger partial charge in [-0.25, -0.2) is 14.0 Å². The maximum absolute atomic E-state index is 14.3. The van der Waals surface area contributed by atoms with Crippen LogP contribution in [0.4, 0.5) is 14.0 Å². The Balaban J connectivity index is 1.32. The fourth-order valence-electron chi connectivity index (χ4n) is 6.92. The van der Waals surface area contributed by atoms with Crippen LogP contribution in [0.3, 0.4) is 0 Å². The lowest BCUT2D eigenvalue weighted by atomic mass is 9.74. The van der Waals surface area contributed by atoms with E-state index in [1.807, 2.05) is 27.7 Å². The lowest BCUT2D eigenvalue weighted by Gasteiger charge is -2.40. The van der Waals surface area contributed by atoms with Gasteiger partial charge in [0, 0.05) is 31.7 Å². The molecule has 3 aliphatic heterocycles. The molecule has 0 radical (unpaired) electrons. The number of carbonyl (C=O) groups is 3. The van der Waals surface area contributed by atoms with Gasteiger partial charge in [-0.15, -0.1) is 0 Å². The summed E-state index contributed by atoms with van der Waals surface area (Å²) in [6, 6.07) is 2.92. The predicted molar refractivity (Wildman–Crippen MR) is 162 cm³/mol. The van der Waals surface area contributed by atoms with Crippen molar-refractivity contribution in [1.29, 1.82) is 0 Å². The SMILES string of the molecule is CCC1COB(O)C1NC(=O)[C@@H]1C[C@@H](OC(=O)N2Cc3cccc(F)c3C2)CN1C(O)[C@@H](NC(=O)OC1CCCC1)C(C)(C)C. The van der Waals surface area contributed by atoms with Crippen LogP contribution < -0.4 is 10.6 Å². The quantitative estimate of drug-likeness (QED) is 0.318. The second-order valence-corrected chi connectivity index (χ2v) is 13.8. The molecule has 3 amide bonds. The number of halogens is 1. The number of ether oxygens (including phenoxy) is 2. The van der Waals surface area contributed by atoms with E-state index in [4.69, 9.17) is 14.1 Å². The Labute approximate surface area is 264 Å². The summed E-state index contributed by atoms with van der Waals surface area (Å²) in [7, 11) is -1.17. The highest BCUT2D eigenvalue weighted by molar-refractivity contribution is 6.46. The molecule has 3 fully saturated rings. The standard InChI is InChI=1S/C31H46BFN4O8/c1-5-18-17-43-32(42)26(18)35-27(38)24-13-21(45-30(41)36-14-19-9-8-12-23(33)22(19)16-36)15-37(24)28(39)25(31(2,3)4)34-29(40)44-20-10-6-7-11-20/h8-9,12,18,20-21,24-26,28,39,42H,5-7,10-11,13-17H2,1-4H3,(H,34,40)(H,35,38)/t18?,21-,24+,25-,26?,28?/m1/s1. The molecule has 4 aliphatic rings. The number of alkyl carbamates (subject to hydrolysis) is 1. The first-order valence-corrected chi connectivity index (χ1v) is 16.1. The van der Waals surface area contributed by atoms with E-state index < -0.39 is 61.0 Å². The third-order valence-corrected chi connectivity index (χ3v) is 9.60. The summed E-state index contributed by atoms with van der Waals surface area (Å²) in [5.41, 5.74) is 0.499. The Morgan fingerprint density at radius 2 is 1.89 bits per heavy atom. The molecule has 0 spiro atoms. The van der Waals surface area contributed by atoms with Crippen molar-refractivity contribution < 1.29 is 43.0 Å². The summed E-state index contributed by atoms with van der Waals surface area (Å²) in [6.45, 7) is 8.11. The number of fused-ring (bicyclic) bond motifs is 1.